The maximum atomic E-state index is 11.4. The normalized spacial score (nSPS) is 23.2. The number of nitrogens with one attached hydrogen (secondary N) is 1. The Morgan fingerprint density at radius 2 is 2.12 bits per heavy atom. The molecule has 1 spiro atoms. The minimum absolute atomic E-state index is 0.0645. The smallest absolute Gasteiger partial charge is 0.335 e. The molecule has 5 rings (SSSR count). The van der Waals surface area contributed by atoms with E-state index < -0.39 is 5.97 Å². The second kappa shape index (κ2) is 8.70. The molecule has 2 N–H and O–H groups in total. The summed E-state index contributed by atoms with van der Waals surface area (Å²) >= 11 is 0. The summed E-state index contributed by atoms with van der Waals surface area (Å²) in [5, 5.41) is 10.6. The molecule has 3 aromatic rings. The fraction of sp³-hybridized carbons (Fsp3) is 0.393. The quantitative estimate of drug-likeness (QED) is 0.531. The van der Waals surface area contributed by atoms with Crippen molar-refractivity contribution in [1.29, 1.82) is 0 Å². The number of benzene rings is 2. The molecular weight excluding hydrogens is 412 g/mol. The number of ether oxygens (including phenoxy) is 1. The Morgan fingerprint density at radius 3 is 2.82 bits per heavy atom. The highest BCUT2D eigenvalue weighted by molar-refractivity contribution is 5.88. The molecule has 2 fully saturated rings. The SMILES string of the molecule is C#CCc1cc(C)c2[nH]ccc2c1CN1CCC2(CCCO2)C[C@H]1c1ccc(C(=O)O)cc1. The van der Waals surface area contributed by atoms with Crippen LogP contribution >= 0.6 is 0 Å². The molecule has 2 aliphatic rings. The number of carboxylic acid groups (broad SMARTS) is 1. The van der Waals surface area contributed by atoms with Crippen LogP contribution in [0.1, 0.15) is 64.3 Å². The lowest BCUT2D eigenvalue weighted by Gasteiger charge is -2.45. The third-order valence-corrected chi connectivity index (χ3v) is 7.49. The van der Waals surface area contributed by atoms with Crippen LogP contribution in [0.5, 0.6) is 0 Å². The number of fused-ring (bicyclic) bond motifs is 1. The molecule has 3 heterocycles. The molecule has 5 heteroatoms. The lowest BCUT2D eigenvalue weighted by Crippen LogP contribution is -2.45. The van der Waals surface area contributed by atoms with E-state index in [1.54, 1.807) is 12.1 Å². The van der Waals surface area contributed by atoms with Crippen LogP contribution in [0.2, 0.25) is 0 Å². The summed E-state index contributed by atoms with van der Waals surface area (Å²) in [6.45, 7) is 4.68. The number of hydrogen-bond acceptors (Lipinski definition) is 3. The summed E-state index contributed by atoms with van der Waals surface area (Å²) in [5.41, 5.74) is 6.26. The minimum atomic E-state index is -0.897. The third-order valence-electron chi connectivity index (χ3n) is 7.49. The predicted octanol–water partition coefficient (Wildman–Crippen LogP) is 5.24. The van der Waals surface area contributed by atoms with Crippen LogP contribution in [0.15, 0.2) is 42.6 Å². The molecule has 0 bridgehead atoms. The summed E-state index contributed by atoms with van der Waals surface area (Å²) < 4.78 is 6.28. The Morgan fingerprint density at radius 1 is 1.30 bits per heavy atom. The average Bonchev–Trinajstić information content (AvgIpc) is 3.48. The Labute approximate surface area is 194 Å². The second-order valence-electron chi connectivity index (χ2n) is 9.48. The van der Waals surface area contributed by atoms with Crippen molar-refractivity contribution in [2.45, 2.75) is 57.2 Å². The van der Waals surface area contributed by atoms with Crippen LogP contribution in [-0.4, -0.2) is 39.7 Å². The number of carboxylic acids is 1. The molecule has 2 saturated heterocycles. The number of likely N-dealkylation sites (tertiary alicyclic amines) is 1. The number of aromatic amines is 1. The fourth-order valence-electron chi connectivity index (χ4n) is 5.76. The number of H-pyrrole nitrogens is 1. The number of carbonyl (C=O) groups is 1. The zero-order valence-corrected chi connectivity index (χ0v) is 19.1. The van der Waals surface area contributed by atoms with Crippen LogP contribution < -0.4 is 0 Å². The van der Waals surface area contributed by atoms with Gasteiger partial charge in [0.25, 0.3) is 0 Å². The topological polar surface area (TPSA) is 65.6 Å². The fourth-order valence-corrected chi connectivity index (χ4v) is 5.76. The van der Waals surface area contributed by atoms with E-state index >= 15 is 0 Å². The first kappa shape index (κ1) is 21.8. The van der Waals surface area contributed by atoms with E-state index in [1.165, 1.54) is 27.6 Å². The van der Waals surface area contributed by atoms with Crippen molar-refractivity contribution >= 4 is 16.9 Å². The van der Waals surface area contributed by atoms with Crippen LogP contribution in [-0.2, 0) is 17.7 Å². The van der Waals surface area contributed by atoms with Crippen LogP contribution in [0.3, 0.4) is 0 Å². The van der Waals surface area contributed by atoms with E-state index in [-0.39, 0.29) is 11.6 Å². The van der Waals surface area contributed by atoms with Gasteiger partial charge >= 0.3 is 5.97 Å². The van der Waals surface area contributed by atoms with Gasteiger partial charge in [-0.15, -0.1) is 12.3 Å². The zero-order chi connectivity index (χ0) is 23.0. The molecule has 170 valence electrons. The molecular formula is C28H30N2O3. The van der Waals surface area contributed by atoms with Gasteiger partial charge in [0.1, 0.15) is 0 Å². The van der Waals surface area contributed by atoms with Crippen molar-refractivity contribution in [3.8, 4) is 12.3 Å². The first-order chi connectivity index (χ1) is 16.0. The van der Waals surface area contributed by atoms with Crippen LogP contribution in [0, 0.1) is 19.3 Å². The number of aryl methyl sites for hydroxylation is 1. The molecule has 0 amide bonds. The van der Waals surface area contributed by atoms with E-state index in [0.29, 0.717) is 12.0 Å². The molecule has 2 aliphatic heterocycles. The summed E-state index contributed by atoms with van der Waals surface area (Å²) in [6.07, 6.45) is 12.5. The third kappa shape index (κ3) is 4.06. The predicted molar refractivity (Wildman–Crippen MR) is 129 cm³/mol. The van der Waals surface area contributed by atoms with Crippen molar-refractivity contribution in [1.82, 2.24) is 9.88 Å². The van der Waals surface area contributed by atoms with Gasteiger partial charge in [0, 0.05) is 49.3 Å². The van der Waals surface area contributed by atoms with Gasteiger partial charge in [0.15, 0.2) is 0 Å². The monoisotopic (exact) mass is 442 g/mol. The van der Waals surface area contributed by atoms with Gasteiger partial charge < -0.3 is 14.8 Å². The second-order valence-corrected chi connectivity index (χ2v) is 9.48. The van der Waals surface area contributed by atoms with Crippen molar-refractivity contribution in [3.05, 3.63) is 70.4 Å². The van der Waals surface area contributed by atoms with Gasteiger partial charge in [0.05, 0.1) is 11.2 Å². The van der Waals surface area contributed by atoms with Crippen molar-refractivity contribution < 1.29 is 14.6 Å². The number of aromatic nitrogens is 1. The number of hydrogen-bond donors (Lipinski definition) is 2. The summed E-state index contributed by atoms with van der Waals surface area (Å²) in [7, 11) is 0. The Bertz CT molecular complexity index is 1210. The molecule has 0 radical (unpaired) electrons. The Balaban J connectivity index is 1.53. The lowest BCUT2D eigenvalue weighted by molar-refractivity contribution is -0.0675. The summed E-state index contributed by atoms with van der Waals surface area (Å²) in [6, 6.07) is 11.9. The van der Waals surface area contributed by atoms with E-state index in [2.05, 4.69) is 34.9 Å². The lowest BCUT2D eigenvalue weighted by atomic mass is 9.81. The largest absolute Gasteiger partial charge is 0.478 e. The van der Waals surface area contributed by atoms with Gasteiger partial charge in [-0.3, -0.25) is 4.90 Å². The Kier molecular flexibility index (Phi) is 5.74. The first-order valence-corrected chi connectivity index (χ1v) is 11.7. The summed E-state index contributed by atoms with van der Waals surface area (Å²) in [4.78, 5) is 17.3. The highest BCUT2D eigenvalue weighted by Gasteiger charge is 2.43. The van der Waals surface area contributed by atoms with Crippen LogP contribution in [0.4, 0.5) is 0 Å². The maximum Gasteiger partial charge on any atom is 0.335 e. The molecule has 1 unspecified atom stereocenters. The number of terminal acetylenes is 1. The number of aromatic carboxylic acids is 1. The molecule has 33 heavy (non-hydrogen) atoms. The molecule has 5 nitrogen and oxygen atoms in total. The average molecular weight is 443 g/mol. The minimum Gasteiger partial charge on any atom is -0.478 e. The first-order valence-electron chi connectivity index (χ1n) is 11.7. The molecule has 1 aromatic heterocycles. The maximum absolute atomic E-state index is 11.4. The number of nitrogens with zero attached hydrogens (tertiary/aromatic N) is 1. The number of rotatable bonds is 5. The highest BCUT2D eigenvalue weighted by atomic mass is 16.5. The van der Waals surface area contributed by atoms with E-state index in [1.807, 2.05) is 18.3 Å². The molecule has 0 saturated carbocycles. The van der Waals surface area contributed by atoms with Gasteiger partial charge in [-0.2, -0.15) is 0 Å². The van der Waals surface area contributed by atoms with E-state index in [9.17, 15) is 9.90 Å². The highest BCUT2D eigenvalue weighted by Crippen LogP contribution is 2.45. The Hall–Kier alpha value is -3.07. The van der Waals surface area contributed by atoms with Crippen molar-refractivity contribution in [3.63, 3.8) is 0 Å². The summed E-state index contributed by atoms with van der Waals surface area (Å²) in [5.74, 6) is 1.94. The molecule has 2 aromatic carbocycles. The van der Waals surface area contributed by atoms with Gasteiger partial charge in [0.2, 0.25) is 0 Å². The van der Waals surface area contributed by atoms with Crippen molar-refractivity contribution in [2.75, 3.05) is 13.2 Å². The zero-order valence-electron chi connectivity index (χ0n) is 19.1. The van der Waals surface area contributed by atoms with Crippen LogP contribution in [0.25, 0.3) is 10.9 Å². The van der Waals surface area contributed by atoms with Crippen molar-refractivity contribution in [2.24, 2.45) is 0 Å². The van der Waals surface area contributed by atoms with E-state index in [0.717, 1.165) is 50.9 Å². The number of piperidine rings is 1. The van der Waals surface area contributed by atoms with Gasteiger partial charge in [-0.25, -0.2) is 4.79 Å². The molecule has 0 aliphatic carbocycles. The van der Waals surface area contributed by atoms with Gasteiger partial charge in [-0.1, -0.05) is 18.2 Å². The van der Waals surface area contributed by atoms with E-state index in [4.69, 9.17) is 11.2 Å². The standard InChI is InChI=1S/C28H30N2O3/c1-3-5-22-16-19(2)26-23(10-13-29-26)24(22)18-30-14-12-28(11-4-15-33-28)17-25(30)20-6-8-21(9-7-20)27(31)32/h1,6-10,13,16,25,29H,4-5,11-12,14-15,17-18H2,2H3,(H,31,32)/t25-,28?/m0/s1. The van der Waals surface area contributed by atoms with Gasteiger partial charge in [-0.05, 0) is 73.1 Å². The molecule has 2 atom stereocenters.